The number of methoxy groups -OCH3 is 1. The second-order valence-electron chi connectivity index (χ2n) is 10.4. The third kappa shape index (κ3) is 5.84. The van der Waals surface area contributed by atoms with Crippen LogP contribution in [0, 0.1) is 5.82 Å². The lowest BCUT2D eigenvalue weighted by molar-refractivity contribution is -0.129. The molecular formula is C29H33ClFN5O4. The predicted molar refractivity (Wildman–Crippen MR) is 149 cm³/mol. The minimum atomic E-state index is -0.424. The Morgan fingerprint density at radius 3 is 2.70 bits per heavy atom. The SMILES string of the molecule is COCC1Cn2cc(-c3cc(NC4CCN(C(C)=O)CC4)ncc3Cl)cc2C(=O)N1Cc1cc(F)ccc1CO. The second-order valence-corrected chi connectivity index (χ2v) is 10.8. The van der Waals surface area contributed by atoms with Gasteiger partial charge in [0.25, 0.3) is 5.91 Å². The molecule has 5 rings (SSSR count). The van der Waals surface area contributed by atoms with Crippen molar-refractivity contribution in [1.29, 1.82) is 0 Å². The maximum Gasteiger partial charge on any atom is 0.271 e. The van der Waals surface area contributed by atoms with Crippen molar-refractivity contribution < 1.29 is 23.8 Å². The zero-order valence-electron chi connectivity index (χ0n) is 22.6. The number of benzene rings is 1. The van der Waals surface area contributed by atoms with Crippen molar-refractivity contribution in [2.75, 3.05) is 32.1 Å². The number of likely N-dealkylation sites (tertiary alicyclic amines) is 1. The largest absolute Gasteiger partial charge is 0.392 e. The van der Waals surface area contributed by atoms with Gasteiger partial charge in [-0.1, -0.05) is 17.7 Å². The van der Waals surface area contributed by atoms with Crippen LogP contribution >= 0.6 is 11.6 Å². The number of halogens is 2. The maximum atomic E-state index is 14.0. The molecule has 2 N–H and O–H groups in total. The van der Waals surface area contributed by atoms with E-state index in [2.05, 4.69) is 10.3 Å². The molecule has 0 radical (unpaired) electrons. The summed E-state index contributed by atoms with van der Waals surface area (Å²) in [4.78, 5) is 33.3. The number of nitrogens with zero attached hydrogens (tertiary/aromatic N) is 4. The lowest BCUT2D eigenvalue weighted by Crippen LogP contribution is -2.49. The molecule has 4 heterocycles. The van der Waals surface area contributed by atoms with Gasteiger partial charge in [0, 0.05) is 69.8 Å². The molecule has 2 aromatic heterocycles. The van der Waals surface area contributed by atoms with Crippen LogP contribution < -0.4 is 5.32 Å². The van der Waals surface area contributed by atoms with Crippen LogP contribution in [0.4, 0.5) is 10.2 Å². The molecule has 2 aliphatic heterocycles. The Hall–Kier alpha value is -3.47. The molecule has 9 nitrogen and oxygen atoms in total. The molecule has 1 aromatic carbocycles. The lowest BCUT2D eigenvalue weighted by atomic mass is 10.0. The average molecular weight is 570 g/mol. The van der Waals surface area contributed by atoms with Crippen molar-refractivity contribution in [3.05, 3.63) is 70.4 Å². The smallest absolute Gasteiger partial charge is 0.271 e. The lowest BCUT2D eigenvalue weighted by Gasteiger charge is -2.36. The van der Waals surface area contributed by atoms with E-state index in [4.69, 9.17) is 16.3 Å². The minimum absolute atomic E-state index is 0.0913. The summed E-state index contributed by atoms with van der Waals surface area (Å²) in [6, 6.07) is 7.80. The summed E-state index contributed by atoms with van der Waals surface area (Å²) in [5.41, 5.74) is 3.15. The Morgan fingerprint density at radius 1 is 1.23 bits per heavy atom. The highest BCUT2D eigenvalue weighted by atomic mass is 35.5. The number of hydrogen-bond acceptors (Lipinski definition) is 6. The number of carbonyl (C=O) groups excluding carboxylic acids is 2. The van der Waals surface area contributed by atoms with E-state index in [0.717, 1.165) is 24.0 Å². The standard InChI is InChI=1S/C29H33ClFN5O4/c1-18(38)34-7-5-23(6-8-34)33-28-11-25(26(30)12-32-28)21-10-27-29(39)36(24(17-40-2)15-35(27)13-21)14-20-9-22(31)4-3-19(20)16-37/h3-4,9-13,23-24,37H,5-8,14-17H2,1-2H3,(H,32,33). The Kier molecular flexibility index (Phi) is 8.39. The summed E-state index contributed by atoms with van der Waals surface area (Å²) in [5.74, 6) is 0.131. The van der Waals surface area contributed by atoms with E-state index in [1.807, 2.05) is 27.8 Å². The number of hydrogen-bond donors (Lipinski definition) is 2. The molecule has 0 spiro atoms. The Morgan fingerprint density at radius 2 is 2.00 bits per heavy atom. The topological polar surface area (TPSA) is 99.9 Å². The number of amides is 2. The zero-order chi connectivity index (χ0) is 28.4. The van der Waals surface area contributed by atoms with Crippen LogP contribution in [0.2, 0.25) is 5.02 Å². The first-order chi connectivity index (χ1) is 19.3. The molecule has 40 heavy (non-hydrogen) atoms. The highest BCUT2D eigenvalue weighted by Crippen LogP contribution is 2.34. The van der Waals surface area contributed by atoms with Gasteiger partial charge < -0.3 is 29.5 Å². The molecule has 2 aliphatic rings. The van der Waals surface area contributed by atoms with E-state index in [1.165, 1.54) is 18.2 Å². The summed E-state index contributed by atoms with van der Waals surface area (Å²) < 4.78 is 21.3. The van der Waals surface area contributed by atoms with E-state index in [0.29, 0.717) is 53.9 Å². The highest BCUT2D eigenvalue weighted by molar-refractivity contribution is 6.33. The van der Waals surface area contributed by atoms with Gasteiger partial charge >= 0.3 is 0 Å². The summed E-state index contributed by atoms with van der Waals surface area (Å²) >= 11 is 6.57. The molecule has 1 atom stereocenters. The Bertz CT molecular complexity index is 1410. The summed E-state index contributed by atoms with van der Waals surface area (Å²) in [7, 11) is 1.58. The molecule has 2 amide bonds. The van der Waals surface area contributed by atoms with E-state index >= 15 is 0 Å². The van der Waals surface area contributed by atoms with Crippen LogP contribution in [0.5, 0.6) is 0 Å². The maximum absolute atomic E-state index is 14.0. The van der Waals surface area contributed by atoms with Crippen molar-refractivity contribution in [3.8, 4) is 11.1 Å². The average Bonchev–Trinajstić information content (AvgIpc) is 3.36. The Balaban J connectivity index is 1.39. The fraction of sp³-hybridized carbons (Fsp3) is 0.414. The molecule has 1 saturated heterocycles. The number of rotatable bonds is 8. The van der Waals surface area contributed by atoms with Crippen LogP contribution in [0.3, 0.4) is 0 Å². The fourth-order valence-corrected chi connectivity index (χ4v) is 5.74. The fourth-order valence-electron chi connectivity index (χ4n) is 5.53. The quantitative estimate of drug-likeness (QED) is 0.426. The van der Waals surface area contributed by atoms with E-state index in [1.54, 1.807) is 25.1 Å². The summed E-state index contributed by atoms with van der Waals surface area (Å²) in [6.07, 6.45) is 5.16. The third-order valence-electron chi connectivity index (χ3n) is 7.72. The predicted octanol–water partition coefficient (Wildman–Crippen LogP) is 3.93. The van der Waals surface area contributed by atoms with Gasteiger partial charge in [-0.2, -0.15) is 0 Å². The van der Waals surface area contributed by atoms with Crippen molar-refractivity contribution in [2.45, 2.75) is 51.5 Å². The van der Waals surface area contributed by atoms with Gasteiger partial charge in [-0.15, -0.1) is 0 Å². The minimum Gasteiger partial charge on any atom is -0.392 e. The van der Waals surface area contributed by atoms with E-state index in [9.17, 15) is 19.1 Å². The first-order valence-electron chi connectivity index (χ1n) is 13.3. The third-order valence-corrected chi connectivity index (χ3v) is 8.02. The van der Waals surface area contributed by atoms with Crippen molar-refractivity contribution >= 4 is 29.2 Å². The van der Waals surface area contributed by atoms with Gasteiger partial charge in [0.2, 0.25) is 5.91 Å². The normalized spacial score (nSPS) is 17.7. The van der Waals surface area contributed by atoms with Gasteiger partial charge in [-0.3, -0.25) is 9.59 Å². The number of aliphatic hydroxyl groups is 1. The van der Waals surface area contributed by atoms with Gasteiger partial charge in [0.15, 0.2) is 0 Å². The number of pyridine rings is 1. The van der Waals surface area contributed by atoms with Crippen LogP contribution in [0.15, 0.2) is 42.7 Å². The summed E-state index contributed by atoms with van der Waals surface area (Å²) in [6.45, 7) is 3.68. The second kappa shape index (κ2) is 12.0. The van der Waals surface area contributed by atoms with E-state index in [-0.39, 0.29) is 37.0 Å². The van der Waals surface area contributed by atoms with E-state index < -0.39 is 5.82 Å². The molecule has 0 saturated carbocycles. The number of carbonyl (C=O) groups is 2. The number of fused-ring (bicyclic) bond motifs is 1. The van der Waals surface area contributed by atoms with Crippen molar-refractivity contribution in [2.24, 2.45) is 0 Å². The van der Waals surface area contributed by atoms with Crippen molar-refractivity contribution in [3.63, 3.8) is 0 Å². The first kappa shape index (κ1) is 28.1. The van der Waals surface area contributed by atoms with Gasteiger partial charge in [0.05, 0.1) is 24.3 Å². The number of anilines is 1. The number of aliphatic hydroxyl groups excluding tert-OH is 1. The molecule has 11 heteroatoms. The van der Waals surface area contributed by atoms with Crippen LogP contribution in [0.25, 0.3) is 11.1 Å². The number of aromatic nitrogens is 2. The van der Waals surface area contributed by atoms with Crippen LogP contribution in [-0.4, -0.2) is 75.2 Å². The van der Waals surface area contributed by atoms with Crippen LogP contribution in [-0.2, 0) is 29.2 Å². The van der Waals surface area contributed by atoms with Crippen molar-refractivity contribution in [1.82, 2.24) is 19.4 Å². The molecular weight excluding hydrogens is 537 g/mol. The monoisotopic (exact) mass is 569 g/mol. The van der Waals surface area contributed by atoms with Gasteiger partial charge in [0.1, 0.15) is 17.3 Å². The van der Waals surface area contributed by atoms with Gasteiger partial charge in [-0.25, -0.2) is 9.37 Å². The molecule has 0 bridgehead atoms. The van der Waals surface area contributed by atoms with Gasteiger partial charge in [-0.05, 0) is 48.2 Å². The highest BCUT2D eigenvalue weighted by Gasteiger charge is 2.34. The number of ether oxygens (including phenoxy) is 1. The zero-order valence-corrected chi connectivity index (χ0v) is 23.3. The van der Waals surface area contributed by atoms with Crippen LogP contribution in [0.1, 0.15) is 41.4 Å². The number of piperidine rings is 1. The Labute approximate surface area is 237 Å². The number of nitrogens with one attached hydrogen (secondary N) is 1. The molecule has 1 fully saturated rings. The summed E-state index contributed by atoms with van der Waals surface area (Å²) in [5, 5.41) is 13.7. The molecule has 3 aromatic rings. The molecule has 1 unspecified atom stereocenters. The molecule has 212 valence electrons. The molecule has 0 aliphatic carbocycles. The first-order valence-corrected chi connectivity index (χ1v) is 13.7.